The van der Waals surface area contributed by atoms with Crippen molar-refractivity contribution >= 4 is 24.6 Å². The zero-order valence-electron chi connectivity index (χ0n) is 16.7. The van der Waals surface area contributed by atoms with Crippen molar-refractivity contribution in [1.82, 2.24) is 15.0 Å². The fourth-order valence-corrected chi connectivity index (χ4v) is 4.21. The molecule has 0 atom stereocenters. The van der Waals surface area contributed by atoms with Crippen molar-refractivity contribution in [3.63, 3.8) is 0 Å². The maximum Gasteiger partial charge on any atom is 0.231 e. The van der Waals surface area contributed by atoms with Gasteiger partial charge in [0.2, 0.25) is 17.8 Å². The highest BCUT2D eigenvalue weighted by atomic mass is 15.4. The summed E-state index contributed by atoms with van der Waals surface area (Å²) in [7, 11) is 0. The number of hydrogen-bond acceptors (Lipinski definition) is 9. The molecule has 0 unspecified atom stereocenters. The Labute approximate surface area is 167 Å². The van der Waals surface area contributed by atoms with E-state index < -0.39 is 0 Å². The van der Waals surface area contributed by atoms with E-state index in [4.69, 9.17) is 26.4 Å². The number of rotatable bonds is 4. The van der Waals surface area contributed by atoms with Crippen LogP contribution in [0.4, 0.5) is 17.8 Å². The predicted octanol–water partition coefficient (Wildman–Crippen LogP) is 0.396. The molecular weight excluding hydrogens is 354 g/mol. The summed E-state index contributed by atoms with van der Waals surface area (Å²) in [6.45, 7) is 9.11. The number of aliphatic imine (C=N–C) groups is 1. The lowest BCUT2D eigenvalue weighted by Crippen LogP contribution is -2.43. The highest BCUT2D eigenvalue weighted by Gasteiger charge is 2.26. The minimum absolute atomic E-state index is 0.283. The van der Waals surface area contributed by atoms with E-state index in [0.717, 1.165) is 95.6 Å². The number of nitrogens with two attached hydrogens (primary N) is 2. The molecule has 1 aromatic heterocycles. The molecule has 0 saturated carbocycles. The van der Waals surface area contributed by atoms with Gasteiger partial charge in [0.1, 0.15) is 0 Å². The molecule has 0 amide bonds. The van der Waals surface area contributed by atoms with Crippen molar-refractivity contribution in [3.8, 4) is 0 Å². The van der Waals surface area contributed by atoms with Gasteiger partial charge in [-0.05, 0) is 45.2 Å². The lowest BCUT2D eigenvalue weighted by Gasteiger charge is -2.35. The Kier molecular flexibility index (Phi) is 5.91. The monoisotopic (exact) mass is 387 g/mol. The molecule has 3 saturated heterocycles. The Morgan fingerprint density at radius 1 is 0.643 bits per heavy atom. The van der Waals surface area contributed by atoms with Crippen LogP contribution in [0.2, 0.25) is 0 Å². The Balaban J connectivity index is 1.58. The van der Waals surface area contributed by atoms with E-state index in [1.165, 1.54) is 0 Å². The van der Waals surface area contributed by atoms with Crippen molar-refractivity contribution in [3.05, 3.63) is 0 Å². The van der Waals surface area contributed by atoms with Crippen molar-refractivity contribution in [2.45, 2.75) is 56.7 Å². The van der Waals surface area contributed by atoms with Crippen LogP contribution in [0.5, 0.6) is 0 Å². The Morgan fingerprint density at radius 2 is 0.964 bits per heavy atom. The summed E-state index contributed by atoms with van der Waals surface area (Å²) in [6.07, 6.45) is 5.90. The van der Waals surface area contributed by atoms with Crippen LogP contribution in [0.25, 0.3) is 0 Å². The van der Waals surface area contributed by atoms with Gasteiger partial charge >= 0.3 is 0 Å². The molecule has 4 heterocycles. The van der Waals surface area contributed by atoms with E-state index in [-0.39, 0.29) is 12.1 Å². The molecule has 0 spiro atoms. The fourth-order valence-electron chi connectivity index (χ4n) is 4.21. The first-order valence-electron chi connectivity index (χ1n) is 10.6. The minimum Gasteiger partial charge on any atom is -0.341 e. The molecule has 3 aliphatic heterocycles. The van der Waals surface area contributed by atoms with E-state index in [2.05, 4.69) is 26.4 Å². The highest BCUT2D eigenvalue weighted by molar-refractivity contribution is 5.47. The highest BCUT2D eigenvalue weighted by Crippen LogP contribution is 2.25. The van der Waals surface area contributed by atoms with Gasteiger partial charge in [0.25, 0.3) is 0 Å². The van der Waals surface area contributed by atoms with Crippen LogP contribution < -0.4 is 26.2 Å². The van der Waals surface area contributed by atoms with E-state index in [1.54, 1.807) is 0 Å². The maximum absolute atomic E-state index is 6.09. The van der Waals surface area contributed by atoms with Crippen molar-refractivity contribution in [2.24, 2.45) is 16.5 Å². The number of aromatic nitrogens is 3. The van der Waals surface area contributed by atoms with Crippen LogP contribution >= 0.6 is 0 Å². The fraction of sp³-hybridized carbons (Fsp3) is 0.789. The van der Waals surface area contributed by atoms with Crippen molar-refractivity contribution in [2.75, 3.05) is 54.0 Å². The SMILES string of the molecule is C=NC1CCN(c2nc(N3CCC(N)CC3)nc(N3CCC(N)CC3)n2)CC1. The van der Waals surface area contributed by atoms with E-state index in [9.17, 15) is 0 Å². The van der Waals surface area contributed by atoms with Gasteiger partial charge in [0.15, 0.2) is 0 Å². The van der Waals surface area contributed by atoms with Gasteiger partial charge in [-0.25, -0.2) is 0 Å². The van der Waals surface area contributed by atoms with E-state index >= 15 is 0 Å². The Hall–Kier alpha value is -2.00. The third-order valence-electron chi connectivity index (χ3n) is 6.25. The minimum atomic E-state index is 0.283. The molecule has 28 heavy (non-hydrogen) atoms. The Morgan fingerprint density at radius 3 is 1.29 bits per heavy atom. The second kappa shape index (κ2) is 8.57. The van der Waals surface area contributed by atoms with Gasteiger partial charge in [-0.15, -0.1) is 0 Å². The average molecular weight is 388 g/mol. The predicted molar refractivity (Wildman–Crippen MR) is 113 cm³/mol. The first-order chi connectivity index (χ1) is 13.6. The first kappa shape index (κ1) is 19.3. The van der Waals surface area contributed by atoms with Crippen LogP contribution in [0.3, 0.4) is 0 Å². The molecule has 154 valence electrons. The quantitative estimate of drug-likeness (QED) is 0.714. The molecule has 3 fully saturated rings. The van der Waals surface area contributed by atoms with Gasteiger partial charge in [-0.2, -0.15) is 15.0 Å². The number of piperidine rings is 3. The van der Waals surface area contributed by atoms with Gasteiger partial charge in [-0.1, -0.05) is 0 Å². The summed E-state index contributed by atoms with van der Waals surface area (Å²) in [6, 6.07) is 0.918. The normalized spacial score (nSPS) is 23.3. The molecule has 0 aliphatic carbocycles. The third kappa shape index (κ3) is 4.35. The maximum atomic E-state index is 6.09. The number of anilines is 3. The summed E-state index contributed by atoms with van der Waals surface area (Å²) < 4.78 is 0. The third-order valence-corrected chi connectivity index (χ3v) is 6.25. The molecule has 4 N–H and O–H groups in total. The Bertz CT molecular complexity index is 617. The van der Waals surface area contributed by atoms with Crippen LogP contribution in [-0.4, -0.2) is 79.1 Å². The lowest BCUT2D eigenvalue weighted by atomic mass is 10.1. The first-order valence-corrected chi connectivity index (χ1v) is 10.6. The van der Waals surface area contributed by atoms with Crippen LogP contribution in [0.1, 0.15) is 38.5 Å². The van der Waals surface area contributed by atoms with Crippen molar-refractivity contribution < 1.29 is 0 Å². The molecule has 0 radical (unpaired) electrons. The summed E-state index contributed by atoms with van der Waals surface area (Å²) in [5.41, 5.74) is 12.2. The molecule has 0 bridgehead atoms. The second-order valence-corrected chi connectivity index (χ2v) is 8.29. The van der Waals surface area contributed by atoms with E-state index in [0.29, 0.717) is 6.04 Å². The zero-order chi connectivity index (χ0) is 19.5. The molecule has 9 nitrogen and oxygen atoms in total. The van der Waals surface area contributed by atoms with Crippen LogP contribution in [0.15, 0.2) is 4.99 Å². The summed E-state index contributed by atoms with van der Waals surface area (Å²) in [5.74, 6) is 2.35. The van der Waals surface area contributed by atoms with Crippen molar-refractivity contribution in [1.29, 1.82) is 0 Å². The molecule has 9 heteroatoms. The van der Waals surface area contributed by atoms with Crippen LogP contribution in [-0.2, 0) is 0 Å². The van der Waals surface area contributed by atoms with E-state index in [1.807, 2.05) is 0 Å². The van der Waals surface area contributed by atoms with Crippen LogP contribution in [0, 0.1) is 0 Å². The lowest BCUT2D eigenvalue weighted by molar-refractivity contribution is 0.482. The smallest absolute Gasteiger partial charge is 0.231 e. The summed E-state index contributed by atoms with van der Waals surface area (Å²) >= 11 is 0. The molecule has 0 aromatic carbocycles. The molecule has 4 rings (SSSR count). The topological polar surface area (TPSA) is 113 Å². The second-order valence-electron chi connectivity index (χ2n) is 8.29. The molecule has 3 aliphatic rings. The summed E-state index contributed by atoms with van der Waals surface area (Å²) in [5, 5.41) is 0. The average Bonchev–Trinajstić information content (AvgIpc) is 2.74. The zero-order valence-corrected chi connectivity index (χ0v) is 16.7. The van der Waals surface area contributed by atoms with Gasteiger partial charge < -0.3 is 26.2 Å². The number of nitrogens with zero attached hydrogens (tertiary/aromatic N) is 7. The summed E-state index contributed by atoms with van der Waals surface area (Å²) in [4.78, 5) is 25.5. The standard InChI is InChI=1S/C19H33N9/c1-22-16-6-12-28(13-7-16)19-24-17(26-8-2-14(20)3-9-26)23-18(25-19)27-10-4-15(21)5-11-27/h14-16H,1-13,20-21H2. The largest absolute Gasteiger partial charge is 0.341 e. The van der Waals surface area contributed by atoms with Gasteiger partial charge in [0, 0.05) is 51.4 Å². The molecular formula is C19H33N9. The number of hydrogen-bond donors (Lipinski definition) is 2. The van der Waals surface area contributed by atoms with Gasteiger partial charge in [0.05, 0.1) is 6.04 Å². The van der Waals surface area contributed by atoms with Gasteiger partial charge in [-0.3, -0.25) is 4.99 Å². The molecule has 1 aromatic rings.